The highest BCUT2D eigenvalue weighted by molar-refractivity contribution is 7.89. The zero-order valence-electron chi connectivity index (χ0n) is 19.7. The average Bonchev–Trinajstić information content (AvgIpc) is 2.84. The first-order valence-corrected chi connectivity index (χ1v) is 12.8. The highest BCUT2D eigenvalue weighted by Crippen LogP contribution is 2.31. The molecule has 0 radical (unpaired) electrons. The molecule has 1 aliphatic heterocycles. The van der Waals surface area contributed by atoms with Crippen molar-refractivity contribution in [1.29, 1.82) is 0 Å². The second-order valence-electron chi connectivity index (χ2n) is 7.95. The van der Waals surface area contributed by atoms with Crippen LogP contribution in [0.25, 0.3) is 0 Å². The summed E-state index contributed by atoms with van der Waals surface area (Å²) in [5.74, 6) is -0.472. The predicted octanol–water partition coefficient (Wildman–Crippen LogP) is 3.02. The molecule has 184 valence electrons. The summed E-state index contributed by atoms with van der Waals surface area (Å²) in [6, 6.07) is 10.1. The van der Waals surface area contributed by atoms with E-state index in [-0.39, 0.29) is 16.1 Å². The van der Waals surface area contributed by atoms with E-state index in [2.05, 4.69) is 22.0 Å². The molecular formula is C23H31N5O5S. The number of benzene rings is 2. The van der Waals surface area contributed by atoms with Crippen LogP contribution in [0.5, 0.6) is 0 Å². The summed E-state index contributed by atoms with van der Waals surface area (Å²) in [6.07, 6.45) is 0. The third-order valence-corrected chi connectivity index (χ3v) is 8.11. The first kappa shape index (κ1) is 25.6. The van der Waals surface area contributed by atoms with Crippen molar-refractivity contribution >= 4 is 33.0 Å². The fourth-order valence-electron chi connectivity index (χ4n) is 4.00. The fourth-order valence-corrected chi connectivity index (χ4v) is 5.48. The van der Waals surface area contributed by atoms with Gasteiger partial charge in [0.2, 0.25) is 10.0 Å². The van der Waals surface area contributed by atoms with Crippen LogP contribution in [0.4, 0.5) is 17.1 Å². The van der Waals surface area contributed by atoms with E-state index in [4.69, 9.17) is 0 Å². The van der Waals surface area contributed by atoms with Crippen LogP contribution in [-0.2, 0) is 10.0 Å². The minimum absolute atomic E-state index is 0.103. The maximum Gasteiger partial charge on any atom is 0.269 e. The molecule has 0 bridgehead atoms. The number of nitrogens with zero attached hydrogens (tertiary/aromatic N) is 4. The molecule has 0 saturated carbocycles. The first-order valence-electron chi connectivity index (χ1n) is 11.4. The van der Waals surface area contributed by atoms with Crippen LogP contribution in [0.3, 0.4) is 0 Å². The number of carbonyl (C=O) groups excluding carboxylic acids is 1. The molecule has 34 heavy (non-hydrogen) atoms. The topological polar surface area (TPSA) is 116 Å². The zero-order valence-corrected chi connectivity index (χ0v) is 20.5. The summed E-state index contributed by atoms with van der Waals surface area (Å²) in [4.78, 5) is 27.9. The predicted molar refractivity (Wildman–Crippen MR) is 132 cm³/mol. The monoisotopic (exact) mass is 489 g/mol. The van der Waals surface area contributed by atoms with Gasteiger partial charge in [-0.2, -0.15) is 4.31 Å². The highest BCUT2D eigenvalue weighted by Gasteiger charge is 2.25. The van der Waals surface area contributed by atoms with E-state index >= 15 is 0 Å². The van der Waals surface area contributed by atoms with Crippen molar-refractivity contribution in [3.8, 4) is 0 Å². The van der Waals surface area contributed by atoms with Crippen molar-refractivity contribution in [2.75, 3.05) is 56.0 Å². The number of nitro benzene ring substituents is 1. The molecule has 1 amide bonds. The van der Waals surface area contributed by atoms with Gasteiger partial charge in [-0.05, 0) is 36.9 Å². The number of hydrogen-bond donors (Lipinski definition) is 1. The molecule has 0 unspecified atom stereocenters. The van der Waals surface area contributed by atoms with Crippen LogP contribution in [0, 0.1) is 10.1 Å². The van der Waals surface area contributed by atoms with Crippen molar-refractivity contribution in [3.63, 3.8) is 0 Å². The van der Waals surface area contributed by atoms with Crippen LogP contribution < -0.4 is 10.2 Å². The van der Waals surface area contributed by atoms with Crippen molar-refractivity contribution < 1.29 is 18.1 Å². The van der Waals surface area contributed by atoms with E-state index in [1.807, 2.05) is 0 Å². The van der Waals surface area contributed by atoms with Gasteiger partial charge in [-0.3, -0.25) is 14.9 Å². The number of piperazine rings is 1. The molecule has 0 aliphatic carbocycles. The Balaban J connectivity index is 1.96. The number of rotatable bonds is 9. The Hall–Kier alpha value is -3.02. The molecule has 1 fully saturated rings. The molecule has 2 aromatic rings. The quantitative estimate of drug-likeness (QED) is 0.425. The van der Waals surface area contributed by atoms with Gasteiger partial charge in [-0.15, -0.1) is 0 Å². The van der Waals surface area contributed by atoms with Gasteiger partial charge in [0.05, 0.1) is 21.2 Å². The van der Waals surface area contributed by atoms with Crippen LogP contribution >= 0.6 is 0 Å². The molecule has 0 spiro atoms. The van der Waals surface area contributed by atoms with Gasteiger partial charge >= 0.3 is 0 Å². The minimum Gasteiger partial charge on any atom is -0.367 e. The lowest BCUT2D eigenvalue weighted by molar-refractivity contribution is -0.384. The Labute approximate surface area is 200 Å². The van der Waals surface area contributed by atoms with Crippen LogP contribution in [0.1, 0.15) is 31.1 Å². The number of hydrogen-bond acceptors (Lipinski definition) is 7. The van der Waals surface area contributed by atoms with E-state index in [9.17, 15) is 23.3 Å². The smallest absolute Gasteiger partial charge is 0.269 e. The Morgan fingerprint density at radius 1 is 1.03 bits per heavy atom. The van der Waals surface area contributed by atoms with Crippen LogP contribution in [0.2, 0.25) is 0 Å². The lowest BCUT2D eigenvalue weighted by Crippen LogP contribution is -2.46. The summed E-state index contributed by atoms with van der Waals surface area (Å²) in [5.41, 5.74) is 1.26. The molecule has 0 aromatic heterocycles. The van der Waals surface area contributed by atoms with Crippen molar-refractivity contribution in [1.82, 2.24) is 9.21 Å². The number of likely N-dealkylation sites (N-methyl/N-ethyl adjacent to an activating group) is 1. The second-order valence-corrected chi connectivity index (χ2v) is 9.89. The van der Waals surface area contributed by atoms with Gasteiger partial charge in [-0.1, -0.05) is 20.8 Å². The minimum atomic E-state index is -3.72. The summed E-state index contributed by atoms with van der Waals surface area (Å²) >= 11 is 0. The Morgan fingerprint density at radius 3 is 2.18 bits per heavy atom. The molecule has 2 aromatic carbocycles. The molecule has 1 saturated heterocycles. The Morgan fingerprint density at radius 2 is 1.65 bits per heavy atom. The molecule has 3 rings (SSSR count). The van der Waals surface area contributed by atoms with E-state index < -0.39 is 20.9 Å². The van der Waals surface area contributed by atoms with Gasteiger partial charge in [0, 0.05) is 57.0 Å². The Bertz CT molecular complexity index is 1120. The van der Waals surface area contributed by atoms with E-state index in [1.54, 1.807) is 26.0 Å². The normalized spacial score (nSPS) is 14.9. The van der Waals surface area contributed by atoms with Crippen LogP contribution in [0.15, 0.2) is 47.4 Å². The zero-order chi connectivity index (χ0) is 24.9. The fraction of sp³-hybridized carbons (Fsp3) is 0.435. The largest absolute Gasteiger partial charge is 0.367 e. The van der Waals surface area contributed by atoms with E-state index in [1.165, 1.54) is 34.6 Å². The van der Waals surface area contributed by atoms with E-state index in [0.29, 0.717) is 18.8 Å². The maximum absolute atomic E-state index is 13.1. The highest BCUT2D eigenvalue weighted by atomic mass is 32.2. The van der Waals surface area contributed by atoms with Gasteiger partial charge in [0.15, 0.2) is 0 Å². The van der Waals surface area contributed by atoms with E-state index in [0.717, 1.165) is 38.4 Å². The van der Waals surface area contributed by atoms with Gasteiger partial charge < -0.3 is 15.1 Å². The average molecular weight is 490 g/mol. The van der Waals surface area contributed by atoms with Crippen LogP contribution in [-0.4, -0.2) is 74.3 Å². The van der Waals surface area contributed by atoms with Crippen molar-refractivity contribution in [2.24, 2.45) is 0 Å². The lowest BCUT2D eigenvalue weighted by atomic mass is 10.1. The van der Waals surface area contributed by atoms with Gasteiger partial charge in [0.1, 0.15) is 0 Å². The Kier molecular flexibility index (Phi) is 8.24. The molecular weight excluding hydrogens is 458 g/mol. The third kappa shape index (κ3) is 5.54. The van der Waals surface area contributed by atoms with Crippen molar-refractivity contribution in [3.05, 3.63) is 58.1 Å². The number of sulfonamides is 1. The molecule has 11 heteroatoms. The van der Waals surface area contributed by atoms with Gasteiger partial charge in [-0.25, -0.2) is 8.42 Å². The molecule has 1 N–H and O–H groups in total. The van der Waals surface area contributed by atoms with Crippen molar-refractivity contribution in [2.45, 2.75) is 25.7 Å². The third-order valence-electron chi connectivity index (χ3n) is 6.06. The molecule has 0 atom stereocenters. The number of non-ortho nitro benzene ring substituents is 1. The molecule has 1 aliphatic rings. The number of anilines is 2. The summed E-state index contributed by atoms with van der Waals surface area (Å²) in [6.45, 7) is 10.5. The molecule has 1 heterocycles. The number of carbonyl (C=O) groups is 1. The lowest BCUT2D eigenvalue weighted by Gasteiger charge is -2.36. The maximum atomic E-state index is 13.1. The second kappa shape index (κ2) is 10.9. The first-order chi connectivity index (χ1) is 16.2. The number of amides is 1. The summed E-state index contributed by atoms with van der Waals surface area (Å²) < 4.78 is 27.6. The van der Waals surface area contributed by atoms with Gasteiger partial charge in [0.25, 0.3) is 11.6 Å². The molecule has 10 nitrogen and oxygen atoms in total. The standard InChI is InChI=1S/C23H31N5O5S/c1-4-25-13-15-26(16-14-25)22-12-11-20(34(32,33)27(5-2)6-3)17-21(22)24-23(29)18-7-9-19(10-8-18)28(30)31/h7-12,17H,4-6,13-16H2,1-3H3,(H,24,29). The summed E-state index contributed by atoms with van der Waals surface area (Å²) in [7, 11) is -3.72. The summed E-state index contributed by atoms with van der Waals surface area (Å²) in [5, 5.41) is 13.7. The SMILES string of the molecule is CCN1CCN(c2ccc(S(=O)(=O)N(CC)CC)cc2NC(=O)c2ccc([N+](=O)[O-])cc2)CC1. The number of nitrogens with one attached hydrogen (secondary N) is 1. The number of nitro groups is 1.